The number of piperidine rings is 1. The van der Waals surface area contributed by atoms with Gasteiger partial charge in [0.05, 0.1) is 68.6 Å². The molecule has 2 N–H and O–H groups in total. The van der Waals surface area contributed by atoms with Crippen LogP contribution in [0.4, 0.5) is 9.59 Å². The lowest BCUT2D eigenvalue weighted by atomic mass is 10.0. The van der Waals surface area contributed by atoms with Gasteiger partial charge in [0.1, 0.15) is 6.04 Å². The van der Waals surface area contributed by atoms with Crippen LogP contribution >= 0.6 is 23.5 Å². The third kappa shape index (κ3) is 49.7. The highest BCUT2D eigenvalue weighted by Crippen LogP contribution is 2.16. The number of hydrogen-bond donors (Lipinski definition) is 2. The molecule has 0 spiro atoms. The number of ether oxygens (including phenoxy) is 6. The fourth-order valence-electron chi connectivity index (χ4n) is 8.77. The summed E-state index contributed by atoms with van der Waals surface area (Å²) in [7, 11) is 11.0. The van der Waals surface area contributed by atoms with E-state index in [1.165, 1.54) is 135 Å². The monoisotopic (exact) mass is 1320 g/mol. The molecule has 0 bridgehead atoms. The zero-order valence-electron chi connectivity index (χ0n) is 56.2. The number of nitrogens with one attached hydrogen (secondary N) is 2. The first kappa shape index (κ1) is 83.4. The van der Waals surface area contributed by atoms with Crippen molar-refractivity contribution in [1.82, 2.24) is 44.9 Å². The fraction of sp³-hybridized carbons (Fsp3) is 0.934. The molecule has 0 saturated carbocycles. The van der Waals surface area contributed by atoms with Gasteiger partial charge in [-0.1, -0.05) is 25.1 Å². The summed E-state index contributed by atoms with van der Waals surface area (Å²) in [5.74, 6) is 5.95. The van der Waals surface area contributed by atoms with Crippen LogP contribution in [0.15, 0.2) is 0 Å². The van der Waals surface area contributed by atoms with Crippen LogP contribution in [0, 0.1) is 5.92 Å². The fourth-order valence-corrected chi connectivity index (χ4v) is 13.2. The Hall–Kier alpha value is -1.60. The molecule has 26 heteroatoms. The van der Waals surface area contributed by atoms with Crippen LogP contribution in [0.5, 0.6) is 0 Å². The maximum absolute atomic E-state index is 10.8. The van der Waals surface area contributed by atoms with E-state index in [0.717, 1.165) is 120 Å². The number of carbonyl (C=O) groups is 4. The molecule has 514 valence electrons. The minimum atomic E-state index is -2.66. The molecule has 12 fully saturated rings. The van der Waals surface area contributed by atoms with Gasteiger partial charge in [0.15, 0.2) is 9.84 Å². The Kier molecular flexibility index (Phi) is 50.7. The molecule has 0 aromatic heterocycles. The van der Waals surface area contributed by atoms with Crippen molar-refractivity contribution in [3.63, 3.8) is 0 Å². The lowest BCUT2D eigenvalue weighted by Crippen LogP contribution is -2.37. The van der Waals surface area contributed by atoms with Gasteiger partial charge >= 0.3 is 6.03 Å². The normalized spacial score (nSPS) is 27.3. The van der Waals surface area contributed by atoms with Crippen LogP contribution in [0.25, 0.3) is 0 Å². The number of likely N-dealkylation sites (N-methyl/N-ethyl adjacent to an activating group) is 1. The second-order valence-electron chi connectivity index (χ2n) is 24.1. The van der Waals surface area contributed by atoms with Crippen molar-refractivity contribution in [2.24, 2.45) is 5.92 Å². The molecule has 12 rings (SSSR count). The van der Waals surface area contributed by atoms with E-state index in [0.29, 0.717) is 48.7 Å². The van der Waals surface area contributed by atoms with Crippen molar-refractivity contribution >= 4 is 67.2 Å². The molecule has 5 amide bonds. The highest BCUT2D eigenvalue weighted by Gasteiger charge is 2.26. The average Bonchev–Trinajstić information content (AvgIpc) is 4.46. The molecule has 4 unspecified atom stereocenters. The lowest BCUT2D eigenvalue weighted by Gasteiger charge is -2.21. The number of urea groups is 1. The topological polar surface area (TPSA) is 222 Å². The van der Waals surface area contributed by atoms with Gasteiger partial charge in [0.25, 0.3) is 5.24 Å². The number of likely N-dealkylation sites (tertiary alicyclic amines) is 2. The quantitative estimate of drug-likeness (QED) is 0.282. The van der Waals surface area contributed by atoms with Crippen molar-refractivity contribution < 1.29 is 60.2 Å². The van der Waals surface area contributed by atoms with Crippen LogP contribution in [0.3, 0.4) is 0 Å². The standard InChI is InChI=1S/C6H13N.2C6H12O.C5H11NO2S.C5H11NOS.C5H11NO.C5H11NS.C5H11N.C5H10O2.C5H10O.C4H6N2O2.C4H5NO2S/c1-7-5-3-2-4-6-7;1-6-2-4-7-5-3-6;1-6-4-2-3-5-7-6;1-6-2-4-9(7,8)5-3-6;1-6-2-4-8(7)5-3-6;2*1-6-2-4-7-5-3-6;1-6-4-2-3-5-6;1-5-4-6-2-3-7-5;1-5-3-2-4-6-5;1-2-3(7)6-4(8)5-2;1-5-3(6)2-8-4(5)7/h2-6H2,1H3;2*6H,2-5H2,1H3;2-5H2,1H3;2-5H2,1H3;2*2-5H2,1H3;2-5H2,1H3;5H,2-4H2,1H3;5H,2-4H2,1H3;2H,1H3,(H2,5,6,7,8);2H2,1H3. The SMILES string of the molecule is CC1CCCCO1.CC1CCCO1.CC1CCOCC1.CC1COCCO1.CC1NC(=O)NC1=O.CN1C(=O)CSC1=O.CN1CCCC1.CN1CCCCC1.CN1CCOCC1.CN1CCS(=O)(=O)CC1.CN1CCS(=O)CC1.CN1CCSCC1. The van der Waals surface area contributed by atoms with Gasteiger partial charge in [-0.05, 0) is 173 Å². The molecule has 87 heavy (non-hydrogen) atoms. The first-order valence-electron chi connectivity index (χ1n) is 32.3. The first-order valence-corrected chi connectivity index (χ1v) is 37.8. The number of thioether (sulfide) groups is 2. The highest BCUT2D eigenvalue weighted by atomic mass is 32.2. The Bertz CT molecular complexity index is 1680. The summed E-state index contributed by atoms with van der Waals surface area (Å²) in [6, 6.07) is -0.759. The van der Waals surface area contributed by atoms with Crippen molar-refractivity contribution in [2.45, 2.75) is 136 Å². The molecule has 12 heterocycles. The summed E-state index contributed by atoms with van der Waals surface area (Å²) in [5.41, 5.74) is 0. The van der Waals surface area contributed by atoms with E-state index in [4.69, 9.17) is 28.4 Å². The van der Waals surface area contributed by atoms with Gasteiger partial charge in [-0.15, -0.1) is 0 Å². The van der Waals surface area contributed by atoms with Gasteiger partial charge in [0.2, 0.25) is 11.8 Å². The second-order valence-corrected chi connectivity index (χ2v) is 30.2. The van der Waals surface area contributed by atoms with E-state index in [9.17, 15) is 31.8 Å². The number of carbonyl (C=O) groups excluding carboxylic acids is 4. The Balaban J connectivity index is 0.000000475. The molecule has 12 aliphatic heterocycles. The number of amides is 5. The van der Waals surface area contributed by atoms with Crippen LogP contribution in [-0.2, 0) is 58.6 Å². The van der Waals surface area contributed by atoms with Gasteiger partial charge in [-0.3, -0.25) is 28.8 Å². The largest absolute Gasteiger partial charge is 0.381 e. The summed E-state index contributed by atoms with van der Waals surface area (Å²) in [6.07, 6.45) is 17.4. The van der Waals surface area contributed by atoms with Gasteiger partial charge in [-0.2, -0.15) is 11.8 Å². The van der Waals surface area contributed by atoms with E-state index in [1.807, 2.05) is 18.9 Å². The molecule has 12 saturated heterocycles. The van der Waals surface area contributed by atoms with Crippen LogP contribution in [-0.4, -0.2) is 322 Å². The molecule has 22 nitrogen and oxygen atoms in total. The summed E-state index contributed by atoms with van der Waals surface area (Å²) in [4.78, 5) is 56.3. The minimum absolute atomic E-state index is 0.0972. The summed E-state index contributed by atoms with van der Waals surface area (Å²) >= 11 is 3.11. The zero-order valence-corrected chi connectivity index (χ0v) is 59.5. The Morgan fingerprint density at radius 2 is 0.954 bits per heavy atom. The Labute approximate surface area is 539 Å². The highest BCUT2D eigenvalue weighted by molar-refractivity contribution is 8.14. The summed E-state index contributed by atoms with van der Waals surface area (Å²) < 4.78 is 63.1. The third-order valence-corrected chi connectivity index (χ3v) is 20.1. The molecular weight excluding hydrogens is 1190 g/mol. The predicted molar refractivity (Wildman–Crippen MR) is 359 cm³/mol. The maximum atomic E-state index is 10.8. The maximum Gasteiger partial charge on any atom is 0.322 e. The van der Waals surface area contributed by atoms with Crippen LogP contribution < -0.4 is 10.6 Å². The number of rotatable bonds is 0. The molecule has 0 aromatic rings. The predicted octanol–water partition coefficient (Wildman–Crippen LogP) is 5.60. The van der Waals surface area contributed by atoms with Crippen molar-refractivity contribution in [2.75, 3.05) is 228 Å². The van der Waals surface area contributed by atoms with Gasteiger partial charge in [-0.25, -0.2) is 13.2 Å². The Morgan fingerprint density at radius 3 is 1.20 bits per heavy atom. The number of morpholine rings is 1. The molecule has 0 radical (unpaired) electrons. The van der Waals surface area contributed by atoms with E-state index in [2.05, 4.69) is 103 Å². The zero-order chi connectivity index (χ0) is 64.7. The van der Waals surface area contributed by atoms with Crippen molar-refractivity contribution in [1.29, 1.82) is 0 Å². The van der Waals surface area contributed by atoms with Gasteiger partial charge in [0, 0.05) is 120 Å². The molecule has 0 aliphatic carbocycles. The second kappa shape index (κ2) is 52.8. The van der Waals surface area contributed by atoms with Crippen LogP contribution in [0.1, 0.15) is 112 Å². The minimum Gasteiger partial charge on any atom is -0.381 e. The smallest absolute Gasteiger partial charge is 0.322 e. The number of hydrogen-bond acceptors (Lipinski definition) is 21. The van der Waals surface area contributed by atoms with E-state index in [1.54, 1.807) is 6.92 Å². The molecule has 12 aliphatic rings. The van der Waals surface area contributed by atoms with E-state index < -0.39 is 26.7 Å². The van der Waals surface area contributed by atoms with E-state index in [-0.39, 0.29) is 23.1 Å². The third-order valence-electron chi connectivity index (χ3n) is 15.4. The van der Waals surface area contributed by atoms with Crippen LogP contribution in [0.2, 0.25) is 0 Å². The van der Waals surface area contributed by atoms with Crippen molar-refractivity contribution in [3.05, 3.63) is 0 Å². The number of sulfone groups is 1. The van der Waals surface area contributed by atoms with Crippen molar-refractivity contribution in [3.8, 4) is 0 Å². The summed E-state index contributed by atoms with van der Waals surface area (Å²) in [5, 5.41) is 4.30. The molecule has 4 atom stereocenters. The number of nitrogens with zero attached hydrogens (tertiary/aromatic N) is 7. The average molecular weight is 1320 g/mol. The molecular formula is C61H123N9O13S4. The first-order chi connectivity index (χ1) is 41.5. The summed E-state index contributed by atoms with van der Waals surface area (Å²) in [6.45, 7) is 31.7. The van der Waals surface area contributed by atoms with Gasteiger partial charge < -0.3 is 63.1 Å². The van der Waals surface area contributed by atoms with E-state index >= 15 is 0 Å². The lowest BCUT2D eigenvalue weighted by molar-refractivity contribution is -0.123. The Morgan fingerprint density at radius 1 is 0.483 bits per heavy atom. The molecule has 0 aromatic carbocycles. The number of imide groups is 2.